The van der Waals surface area contributed by atoms with Gasteiger partial charge in [0.2, 0.25) is 5.91 Å². The lowest BCUT2D eigenvalue weighted by Crippen LogP contribution is -2.49. The Hall–Kier alpha value is -2.33. The van der Waals surface area contributed by atoms with Crippen molar-refractivity contribution in [2.24, 2.45) is 4.99 Å². The van der Waals surface area contributed by atoms with E-state index in [-0.39, 0.29) is 11.7 Å². The highest BCUT2D eigenvalue weighted by Crippen LogP contribution is 2.31. The molecule has 0 radical (unpaired) electrons. The Morgan fingerprint density at radius 1 is 1.19 bits per heavy atom. The van der Waals surface area contributed by atoms with Crippen LogP contribution in [-0.4, -0.2) is 54.4 Å². The zero-order chi connectivity index (χ0) is 21.9. The molecule has 0 unspecified atom stereocenters. The molecule has 1 aromatic rings. The van der Waals surface area contributed by atoms with Gasteiger partial charge in [-0.3, -0.25) is 9.69 Å². The van der Waals surface area contributed by atoms with Gasteiger partial charge in [0.15, 0.2) is 11.6 Å². The molecule has 1 saturated heterocycles. The molecule has 10 heteroatoms. The number of likely N-dealkylation sites (tertiary alicyclic amines) is 1. The fourth-order valence-corrected chi connectivity index (χ4v) is 4.33. The summed E-state index contributed by atoms with van der Waals surface area (Å²) in [6, 6.07) is 5.79. The molecule has 2 aliphatic heterocycles. The number of amidine groups is 1. The fraction of sp³-hybridized carbons (Fsp3) is 0.619. The van der Waals surface area contributed by atoms with E-state index in [1.807, 2.05) is 0 Å². The average Bonchev–Trinajstić information content (AvgIpc) is 3.14. The highest BCUT2D eigenvalue weighted by molar-refractivity contribution is 5.99. The second-order valence-electron chi connectivity index (χ2n) is 8.36. The lowest BCUT2D eigenvalue weighted by atomic mass is 9.95. The number of amides is 1. The predicted octanol–water partition coefficient (Wildman–Crippen LogP) is 3.11. The molecule has 2 N–H and O–H groups in total. The van der Waals surface area contributed by atoms with Crippen LogP contribution in [0.3, 0.4) is 0 Å². The van der Waals surface area contributed by atoms with Crippen molar-refractivity contribution in [1.82, 2.24) is 15.7 Å². The molecular formula is C21H27F3N4O3. The van der Waals surface area contributed by atoms with E-state index in [4.69, 9.17) is 4.84 Å². The van der Waals surface area contributed by atoms with Gasteiger partial charge in [0.05, 0.1) is 6.54 Å². The molecular weight excluding hydrogens is 413 g/mol. The van der Waals surface area contributed by atoms with Gasteiger partial charge in [-0.05, 0) is 37.1 Å². The van der Waals surface area contributed by atoms with Crippen LogP contribution in [0, 0.1) is 0 Å². The third-order valence-electron chi connectivity index (χ3n) is 5.99. The van der Waals surface area contributed by atoms with Gasteiger partial charge in [0, 0.05) is 37.5 Å². The maximum Gasteiger partial charge on any atom is 0.573 e. The van der Waals surface area contributed by atoms with Gasteiger partial charge >= 0.3 is 6.36 Å². The lowest BCUT2D eigenvalue weighted by Gasteiger charge is -2.35. The highest BCUT2D eigenvalue weighted by Gasteiger charge is 2.41. The SMILES string of the molecule is O=C(CN1CCC2(CC1)N=C(c1ccc(OC(F)(F)F)cc1)NO2)NC1CCCCC1. The number of carbonyl (C=O) groups is 1. The van der Waals surface area contributed by atoms with Crippen LogP contribution in [0.5, 0.6) is 5.75 Å². The molecule has 1 spiro atoms. The Kier molecular flexibility index (Phi) is 6.38. The number of rotatable bonds is 5. The van der Waals surface area contributed by atoms with Crippen molar-refractivity contribution in [2.45, 2.75) is 63.1 Å². The van der Waals surface area contributed by atoms with Crippen molar-refractivity contribution in [3.05, 3.63) is 29.8 Å². The van der Waals surface area contributed by atoms with Crippen molar-refractivity contribution in [1.29, 1.82) is 0 Å². The van der Waals surface area contributed by atoms with E-state index in [1.165, 1.54) is 43.5 Å². The first-order chi connectivity index (χ1) is 14.8. The van der Waals surface area contributed by atoms with Crippen LogP contribution in [-0.2, 0) is 9.63 Å². The number of alkyl halides is 3. The molecule has 1 aliphatic carbocycles. The molecule has 4 rings (SSSR count). The Morgan fingerprint density at radius 2 is 1.87 bits per heavy atom. The number of nitrogens with one attached hydrogen (secondary N) is 2. The van der Waals surface area contributed by atoms with Gasteiger partial charge in [-0.15, -0.1) is 13.2 Å². The van der Waals surface area contributed by atoms with Crippen LogP contribution in [0.25, 0.3) is 0 Å². The molecule has 170 valence electrons. The Labute approximate surface area is 178 Å². The second-order valence-corrected chi connectivity index (χ2v) is 8.36. The second kappa shape index (κ2) is 9.04. The number of hydrogen-bond donors (Lipinski definition) is 2. The van der Waals surface area contributed by atoms with Crippen molar-refractivity contribution < 1.29 is 27.5 Å². The van der Waals surface area contributed by atoms with E-state index in [1.54, 1.807) is 0 Å². The van der Waals surface area contributed by atoms with Gasteiger partial charge in [-0.2, -0.15) is 0 Å². The summed E-state index contributed by atoms with van der Waals surface area (Å²) in [6.07, 6.45) is 2.26. The van der Waals surface area contributed by atoms with Crippen molar-refractivity contribution in [3.63, 3.8) is 0 Å². The number of aliphatic imine (C=N–C) groups is 1. The number of nitrogens with zero attached hydrogens (tertiary/aromatic N) is 2. The summed E-state index contributed by atoms with van der Waals surface area (Å²) in [5, 5.41) is 3.14. The number of hydrogen-bond acceptors (Lipinski definition) is 6. The molecule has 1 amide bonds. The number of hydroxylamine groups is 1. The van der Waals surface area contributed by atoms with E-state index in [9.17, 15) is 18.0 Å². The van der Waals surface area contributed by atoms with Gasteiger partial charge in [-0.25, -0.2) is 15.3 Å². The minimum atomic E-state index is -4.72. The first-order valence-electron chi connectivity index (χ1n) is 10.7. The zero-order valence-corrected chi connectivity index (χ0v) is 17.2. The molecule has 1 aromatic carbocycles. The van der Waals surface area contributed by atoms with Crippen molar-refractivity contribution in [3.8, 4) is 5.75 Å². The summed E-state index contributed by atoms with van der Waals surface area (Å²) in [4.78, 5) is 24.8. The van der Waals surface area contributed by atoms with E-state index >= 15 is 0 Å². The summed E-state index contributed by atoms with van der Waals surface area (Å²) in [5.41, 5.74) is 2.70. The van der Waals surface area contributed by atoms with E-state index in [0.29, 0.717) is 49.9 Å². The summed E-state index contributed by atoms with van der Waals surface area (Å²) in [6.45, 7) is 1.72. The van der Waals surface area contributed by atoms with Crippen LogP contribution in [0.4, 0.5) is 13.2 Å². The topological polar surface area (TPSA) is 75.2 Å². The Balaban J connectivity index is 1.28. The standard InChI is InChI=1S/C21H27F3N4O3/c22-21(23,24)30-17-8-6-15(7-9-17)19-26-20(31-27-19)10-12-28(13-11-20)14-18(29)25-16-4-2-1-3-5-16/h6-9,16H,1-5,10-14H2,(H,25,29)(H,26,27). The maximum absolute atomic E-state index is 12.3. The van der Waals surface area contributed by atoms with Gasteiger partial charge in [0.25, 0.3) is 0 Å². The molecule has 0 atom stereocenters. The maximum atomic E-state index is 12.3. The van der Waals surface area contributed by atoms with Crippen LogP contribution >= 0.6 is 0 Å². The van der Waals surface area contributed by atoms with Crippen molar-refractivity contribution >= 4 is 11.7 Å². The zero-order valence-electron chi connectivity index (χ0n) is 17.2. The van der Waals surface area contributed by atoms with E-state index in [2.05, 4.69) is 25.4 Å². The highest BCUT2D eigenvalue weighted by atomic mass is 19.4. The third kappa shape index (κ3) is 5.88. The normalized spacial score (nSPS) is 22.1. The predicted molar refractivity (Wildman–Crippen MR) is 107 cm³/mol. The van der Waals surface area contributed by atoms with Gasteiger partial charge in [-0.1, -0.05) is 19.3 Å². The lowest BCUT2D eigenvalue weighted by molar-refractivity contribution is -0.274. The van der Waals surface area contributed by atoms with E-state index < -0.39 is 12.1 Å². The summed E-state index contributed by atoms with van der Waals surface area (Å²) < 4.78 is 40.8. The Bertz CT molecular complexity index is 799. The molecule has 2 fully saturated rings. The van der Waals surface area contributed by atoms with E-state index in [0.717, 1.165) is 12.8 Å². The minimum absolute atomic E-state index is 0.0682. The molecule has 0 bridgehead atoms. The van der Waals surface area contributed by atoms with Gasteiger partial charge in [0.1, 0.15) is 5.75 Å². The smallest absolute Gasteiger partial charge is 0.406 e. The molecule has 3 aliphatic rings. The summed E-state index contributed by atoms with van der Waals surface area (Å²) in [5.74, 6) is 0.256. The summed E-state index contributed by atoms with van der Waals surface area (Å²) >= 11 is 0. The molecule has 7 nitrogen and oxygen atoms in total. The summed E-state index contributed by atoms with van der Waals surface area (Å²) in [7, 11) is 0. The monoisotopic (exact) mass is 440 g/mol. The van der Waals surface area contributed by atoms with Crippen LogP contribution in [0.1, 0.15) is 50.5 Å². The van der Waals surface area contributed by atoms with Crippen LogP contribution in [0.2, 0.25) is 0 Å². The number of ether oxygens (including phenoxy) is 1. The molecule has 0 aromatic heterocycles. The Morgan fingerprint density at radius 3 is 2.52 bits per heavy atom. The molecule has 1 saturated carbocycles. The quantitative estimate of drug-likeness (QED) is 0.736. The average molecular weight is 440 g/mol. The van der Waals surface area contributed by atoms with Crippen LogP contribution in [0.15, 0.2) is 29.3 Å². The fourth-order valence-electron chi connectivity index (χ4n) is 4.33. The van der Waals surface area contributed by atoms with Crippen molar-refractivity contribution in [2.75, 3.05) is 19.6 Å². The number of piperidine rings is 1. The minimum Gasteiger partial charge on any atom is -0.406 e. The molecule has 2 heterocycles. The first-order valence-corrected chi connectivity index (χ1v) is 10.7. The number of benzene rings is 1. The number of carbonyl (C=O) groups excluding carboxylic acids is 1. The first kappa shape index (κ1) is 21.9. The van der Waals surface area contributed by atoms with Crippen LogP contribution < -0.4 is 15.5 Å². The largest absolute Gasteiger partial charge is 0.573 e. The molecule has 31 heavy (non-hydrogen) atoms. The third-order valence-corrected chi connectivity index (χ3v) is 5.99. The number of halogens is 3. The van der Waals surface area contributed by atoms with Gasteiger partial charge < -0.3 is 10.1 Å².